The van der Waals surface area contributed by atoms with Crippen LogP contribution in [0.2, 0.25) is 0 Å². The van der Waals surface area contributed by atoms with Crippen LogP contribution in [0.25, 0.3) is 0 Å². The normalized spacial score (nSPS) is 20.1. The van der Waals surface area contributed by atoms with Gasteiger partial charge in [-0.25, -0.2) is 0 Å². The van der Waals surface area contributed by atoms with Crippen molar-refractivity contribution in [1.82, 2.24) is 4.90 Å². The van der Waals surface area contributed by atoms with E-state index in [1.54, 1.807) is 0 Å². The van der Waals surface area contributed by atoms with Crippen molar-refractivity contribution in [2.45, 2.75) is 31.9 Å². The lowest BCUT2D eigenvalue weighted by Gasteiger charge is -2.19. The molecule has 1 saturated carbocycles. The molecule has 10 heteroatoms. The van der Waals surface area contributed by atoms with Gasteiger partial charge in [-0.1, -0.05) is 25.0 Å². The topological polar surface area (TPSA) is 95.6 Å². The van der Waals surface area contributed by atoms with Crippen molar-refractivity contribution >= 4 is 35.0 Å². The van der Waals surface area contributed by atoms with E-state index in [0.29, 0.717) is 12.8 Å². The highest BCUT2D eigenvalue weighted by atomic mass is 19.4. The number of amides is 4. The Morgan fingerprint density at radius 1 is 0.882 bits per heavy atom. The SMILES string of the molecule is O=C(CN1C(=O)[C@H]2CCCC[C@@H]2C1=O)Nc1cccc(C(=O)Nc2cccc(C(F)(F)F)c2)c1. The number of nitrogens with zero attached hydrogens (tertiary/aromatic N) is 1. The summed E-state index contributed by atoms with van der Waals surface area (Å²) in [6.07, 6.45) is -1.47. The van der Waals surface area contributed by atoms with Crippen molar-refractivity contribution in [3.8, 4) is 0 Å². The molecule has 1 saturated heterocycles. The lowest BCUT2D eigenvalue weighted by Crippen LogP contribution is -2.38. The van der Waals surface area contributed by atoms with E-state index < -0.39 is 30.1 Å². The van der Waals surface area contributed by atoms with Crippen molar-refractivity contribution in [2.24, 2.45) is 11.8 Å². The number of rotatable bonds is 5. The monoisotopic (exact) mass is 473 g/mol. The van der Waals surface area contributed by atoms with Gasteiger partial charge < -0.3 is 10.6 Å². The molecule has 2 atom stereocenters. The van der Waals surface area contributed by atoms with E-state index in [2.05, 4.69) is 10.6 Å². The van der Waals surface area contributed by atoms with Crippen LogP contribution in [-0.4, -0.2) is 35.1 Å². The molecule has 2 fully saturated rings. The van der Waals surface area contributed by atoms with Gasteiger partial charge in [0, 0.05) is 16.9 Å². The molecule has 2 aliphatic rings. The number of alkyl halides is 3. The van der Waals surface area contributed by atoms with Gasteiger partial charge in [0.25, 0.3) is 5.91 Å². The van der Waals surface area contributed by atoms with E-state index in [1.807, 2.05) is 0 Å². The molecule has 4 amide bonds. The largest absolute Gasteiger partial charge is 0.416 e. The molecule has 0 spiro atoms. The lowest BCUT2D eigenvalue weighted by molar-refractivity contribution is -0.142. The second-order valence-electron chi connectivity index (χ2n) is 8.42. The smallest absolute Gasteiger partial charge is 0.325 e. The van der Waals surface area contributed by atoms with Gasteiger partial charge in [-0.15, -0.1) is 0 Å². The first kappa shape index (κ1) is 23.5. The standard InChI is InChI=1S/C24H22F3N3O4/c25-24(26,27)15-6-4-8-17(12-15)29-21(32)14-5-3-7-16(11-14)28-20(31)13-30-22(33)18-9-1-2-10-19(18)23(30)34/h3-8,11-12,18-19H,1-2,9-10,13H2,(H,28,31)(H,29,32)/t18-,19-/m0/s1. The molecular formula is C24H22F3N3O4. The van der Waals surface area contributed by atoms with E-state index in [-0.39, 0.29) is 40.6 Å². The molecule has 1 aliphatic carbocycles. The molecule has 0 bridgehead atoms. The molecule has 2 aromatic carbocycles. The number of likely N-dealkylation sites (tertiary alicyclic amines) is 1. The second kappa shape index (κ2) is 9.28. The van der Waals surface area contributed by atoms with Crippen LogP contribution in [0.5, 0.6) is 0 Å². The summed E-state index contributed by atoms with van der Waals surface area (Å²) in [6, 6.07) is 10.1. The maximum absolute atomic E-state index is 12.9. The Morgan fingerprint density at radius 2 is 1.47 bits per heavy atom. The number of benzene rings is 2. The van der Waals surface area contributed by atoms with Crippen LogP contribution in [0.1, 0.15) is 41.6 Å². The number of nitrogens with one attached hydrogen (secondary N) is 2. The number of imide groups is 1. The van der Waals surface area contributed by atoms with E-state index in [9.17, 15) is 32.3 Å². The fourth-order valence-electron chi connectivity index (χ4n) is 4.45. The zero-order chi connectivity index (χ0) is 24.5. The average molecular weight is 473 g/mol. The Hall–Kier alpha value is -3.69. The summed E-state index contributed by atoms with van der Waals surface area (Å²) in [5.41, 5.74) is -0.563. The third kappa shape index (κ3) is 4.95. The minimum Gasteiger partial charge on any atom is -0.325 e. The molecule has 0 radical (unpaired) electrons. The Morgan fingerprint density at radius 3 is 2.09 bits per heavy atom. The van der Waals surface area contributed by atoms with Gasteiger partial charge in [-0.3, -0.25) is 24.1 Å². The Kier molecular flexibility index (Phi) is 6.41. The highest BCUT2D eigenvalue weighted by Crippen LogP contribution is 2.38. The van der Waals surface area contributed by atoms with E-state index in [1.165, 1.54) is 36.4 Å². The van der Waals surface area contributed by atoms with Crippen molar-refractivity contribution in [3.05, 3.63) is 59.7 Å². The van der Waals surface area contributed by atoms with Gasteiger partial charge in [-0.2, -0.15) is 13.2 Å². The number of hydrogen-bond acceptors (Lipinski definition) is 4. The van der Waals surface area contributed by atoms with Crippen LogP contribution in [0.3, 0.4) is 0 Å². The molecule has 0 aromatic heterocycles. The van der Waals surface area contributed by atoms with E-state index >= 15 is 0 Å². The summed E-state index contributed by atoms with van der Waals surface area (Å²) >= 11 is 0. The number of fused-ring (bicyclic) bond motifs is 1. The molecule has 178 valence electrons. The van der Waals surface area contributed by atoms with Crippen molar-refractivity contribution in [3.63, 3.8) is 0 Å². The number of hydrogen-bond donors (Lipinski definition) is 2. The number of halogens is 3. The first-order valence-corrected chi connectivity index (χ1v) is 10.9. The predicted octanol–water partition coefficient (Wildman–Crippen LogP) is 4.07. The van der Waals surface area contributed by atoms with Crippen molar-refractivity contribution in [1.29, 1.82) is 0 Å². The van der Waals surface area contributed by atoms with Gasteiger partial charge in [0.1, 0.15) is 6.54 Å². The summed E-state index contributed by atoms with van der Waals surface area (Å²) in [4.78, 5) is 51.1. The summed E-state index contributed by atoms with van der Waals surface area (Å²) in [7, 11) is 0. The second-order valence-corrected chi connectivity index (χ2v) is 8.42. The number of carbonyl (C=O) groups is 4. The first-order valence-electron chi connectivity index (χ1n) is 10.9. The van der Waals surface area contributed by atoms with Crippen LogP contribution in [-0.2, 0) is 20.6 Å². The zero-order valence-electron chi connectivity index (χ0n) is 18.0. The third-order valence-electron chi connectivity index (χ3n) is 6.09. The molecule has 0 unspecified atom stereocenters. The van der Waals surface area contributed by atoms with Crippen LogP contribution in [0, 0.1) is 11.8 Å². The van der Waals surface area contributed by atoms with Crippen molar-refractivity contribution < 1.29 is 32.3 Å². The fourth-order valence-corrected chi connectivity index (χ4v) is 4.45. The maximum Gasteiger partial charge on any atom is 0.416 e. The molecule has 34 heavy (non-hydrogen) atoms. The molecule has 4 rings (SSSR count). The first-order chi connectivity index (χ1) is 16.1. The Labute approximate surface area is 193 Å². The molecule has 2 aromatic rings. The van der Waals surface area contributed by atoms with Crippen LogP contribution >= 0.6 is 0 Å². The summed E-state index contributed by atoms with van der Waals surface area (Å²) < 4.78 is 38.7. The van der Waals surface area contributed by atoms with Gasteiger partial charge in [0.2, 0.25) is 17.7 Å². The molecule has 2 N–H and O–H groups in total. The minimum atomic E-state index is -4.54. The van der Waals surface area contributed by atoms with Crippen molar-refractivity contribution in [2.75, 3.05) is 17.2 Å². The van der Waals surface area contributed by atoms with Gasteiger partial charge in [-0.05, 0) is 49.2 Å². The van der Waals surface area contributed by atoms with E-state index in [0.717, 1.165) is 29.9 Å². The van der Waals surface area contributed by atoms with Gasteiger partial charge in [0.05, 0.1) is 17.4 Å². The highest BCUT2D eigenvalue weighted by molar-refractivity contribution is 6.09. The quantitative estimate of drug-likeness (QED) is 0.640. The summed E-state index contributed by atoms with van der Waals surface area (Å²) in [5.74, 6) is -2.59. The molecular weight excluding hydrogens is 451 g/mol. The minimum absolute atomic E-state index is 0.0261. The van der Waals surface area contributed by atoms with Crippen LogP contribution in [0.15, 0.2) is 48.5 Å². The summed E-state index contributed by atoms with van der Waals surface area (Å²) in [5, 5.41) is 4.97. The Balaban J connectivity index is 1.40. The van der Waals surface area contributed by atoms with Gasteiger partial charge >= 0.3 is 6.18 Å². The maximum atomic E-state index is 12.9. The lowest BCUT2D eigenvalue weighted by atomic mass is 9.81. The fraction of sp³-hybridized carbons (Fsp3) is 0.333. The Bertz CT molecular complexity index is 1120. The molecule has 1 heterocycles. The third-order valence-corrected chi connectivity index (χ3v) is 6.09. The highest BCUT2D eigenvalue weighted by Gasteiger charge is 2.48. The van der Waals surface area contributed by atoms with Crippen LogP contribution in [0.4, 0.5) is 24.5 Å². The van der Waals surface area contributed by atoms with Crippen LogP contribution < -0.4 is 10.6 Å². The average Bonchev–Trinajstić information content (AvgIpc) is 3.04. The molecule has 1 aliphatic heterocycles. The number of anilines is 2. The van der Waals surface area contributed by atoms with E-state index in [4.69, 9.17) is 0 Å². The van der Waals surface area contributed by atoms with Gasteiger partial charge in [0.15, 0.2) is 0 Å². The predicted molar refractivity (Wildman–Crippen MR) is 117 cm³/mol. The summed E-state index contributed by atoms with van der Waals surface area (Å²) in [6.45, 7) is -0.411. The number of carbonyl (C=O) groups excluding carboxylic acids is 4. The molecule has 7 nitrogen and oxygen atoms in total. The zero-order valence-corrected chi connectivity index (χ0v) is 18.0.